The Balaban J connectivity index is 1.57. The zero-order valence-corrected chi connectivity index (χ0v) is 14.5. The third-order valence-corrected chi connectivity index (χ3v) is 6.24. The summed E-state index contributed by atoms with van der Waals surface area (Å²) in [6, 6.07) is 14.9. The van der Waals surface area contributed by atoms with Gasteiger partial charge in [0, 0.05) is 12.5 Å². The minimum atomic E-state index is -3.24. The lowest BCUT2D eigenvalue weighted by Crippen LogP contribution is -2.34. The second-order valence-corrected chi connectivity index (χ2v) is 8.41. The fourth-order valence-electron chi connectivity index (χ4n) is 3.05. The van der Waals surface area contributed by atoms with Gasteiger partial charge in [-0.15, -0.1) is 0 Å². The number of sulfone groups is 1. The Morgan fingerprint density at radius 3 is 2.71 bits per heavy atom. The molecule has 2 aromatic carbocycles. The third-order valence-electron chi connectivity index (χ3n) is 4.51. The Kier molecular flexibility index (Phi) is 4.71. The average Bonchev–Trinajstić information content (AvgIpc) is 2.56. The summed E-state index contributed by atoms with van der Waals surface area (Å²) >= 11 is 0. The number of carbonyl (C=O) groups excluding carboxylic acids is 1. The molecule has 0 spiro atoms. The van der Waals surface area contributed by atoms with Crippen molar-refractivity contribution in [3.05, 3.63) is 65.2 Å². The monoisotopic (exact) mass is 343 g/mol. The van der Waals surface area contributed by atoms with Crippen molar-refractivity contribution in [3.8, 4) is 0 Å². The quantitative estimate of drug-likeness (QED) is 0.876. The van der Waals surface area contributed by atoms with Crippen LogP contribution in [0.4, 0.5) is 0 Å². The minimum absolute atomic E-state index is 0.0593. The Morgan fingerprint density at radius 1 is 1.17 bits per heavy atom. The Hall–Kier alpha value is -2.14. The van der Waals surface area contributed by atoms with E-state index < -0.39 is 9.84 Å². The van der Waals surface area contributed by atoms with Crippen molar-refractivity contribution in [2.75, 3.05) is 12.3 Å². The van der Waals surface area contributed by atoms with Crippen molar-refractivity contribution in [1.29, 1.82) is 0 Å². The predicted molar refractivity (Wildman–Crippen MR) is 93.8 cm³/mol. The lowest BCUT2D eigenvalue weighted by Gasteiger charge is -2.30. The van der Waals surface area contributed by atoms with Crippen molar-refractivity contribution < 1.29 is 13.2 Å². The number of hydrogen-bond acceptors (Lipinski definition) is 3. The van der Waals surface area contributed by atoms with E-state index in [0.29, 0.717) is 12.5 Å². The molecule has 126 valence electrons. The molecular weight excluding hydrogens is 322 g/mol. The van der Waals surface area contributed by atoms with Crippen LogP contribution in [0.3, 0.4) is 0 Å². The second-order valence-electron chi connectivity index (χ2n) is 6.13. The van der Waals surface area contributed by atoms with Gasteiger partial charge >= 0.3 is 0 Å². The maximum atomic E-state index is 12.1. The zero-order valence-electron chi connectivity index (χ0n) is 13.7. The predicted octanol–water partition coefficient (Wildman–Crippen LogP) is 2.48. The topological polar surface area (TPSA) is 63.2 Å². The van der Waals surface area contributed by atoms with Crippen molar-refractivity contribution in [2.45, 2.75) is 30.6 Å². The molecular formula is C19H21NO3S. The van der Waals surface area contributed by atoms with Gasteiger partial charge in [0.25, 0.3) is 0 Å². The van der Waals surface area contributed by atoms with Gasteiger partial charge in [-0.1, -0.05) is 43.3 Å². The molecule has 1 aliphatic carbocycles. The van der Waals surface area contributed by atoms with E-state index in [-0.39, 0.29) is 23.0 Å². The van der Waals surface area contributed by atoms with E-state index in [4.69, 9.17) is 0 Å². The standard InChI is InChI=1S/C19H21NO3S/c1-2-24(22,23)17-8-5-6-14(10-17)11-19(21)20-13-16-12-15-7-3-4-9-18(15)16/h3-10,16H,2,11-13H2,1H3,(H,20,21)/t16-/m1/s1. The normalized spacial score (nSPS) is 16.1. The molecule has 2 aromatic rings. The summed E-state index contributed by atoms with van der Waals surface area (Å²) in [5.41, 5.74) is 3.39. The number of hydrogen-bond donors (Lipinski definition) is 1. The van der Waals surface area contributed by atoms with E-state index in [1.165, 1.54) is 11.1 Å². The summed E-state index contributed by atoms with van der Waals surface area (Å²) in [4.78, 5) is 12.4. The first kappa shape index (κ1) is 16.7. The van der Waals surface area contributed by atoms with Crippen LogP contribution in [0.2, 0.25) is 0 Å². The van der Waals surface area contributed by atoms with Gasteiger partial charge in [-0.05, 0) is 35.2 Å². The van der Waals surface area contributed by atoms with Crippen LogP contribution in [0.1, 0.15) is 29.5 Å². The highest BCUT2D eigenvalue weighted by Crippen LogP contribution is 2.33. The van der Waals surface area contributed by atoms with Crippen LogP contribution in [-0.2, 0) is 27.5 Å². The molecule has 4 nitrogen and oxygen atoms in total. The van der Waals surface area contributed by atoms with Crippen LogP contribution in [0.5, 0.6) is 0 Å². The smallest absolute Gasteiger partial charge is 0.224 e. The largest absolute Gasteiger partial charge is 0.355 e. The highest BCUT2D eigenvalue weighted by molar-refractivity contribution is 7.91. The molecule has 3 rings (SSSR count). The van der Waals surface area contributed by atoms with E-state index >= 15 is 0 Å². The highest BCUT2D eigenvalue weighted by atomic mass is 32.2. The Labute approximate surface area is 142 Å². The van der Waals surface area contributed by atoms with E-state index in [0.717, 1.165) is 12.0 Å². The molecule has 0 bridgehead atoms. The summed E-state index contributed by atoms with van der Waals surface area (Å²) in [7, 11) is -3.24. The SMILES string of the molecule is CCS(=O)(=O)c1cccc(CC(=O)NC[C@H]2Cc3ccccc32)c1. The first-order valence-corrected chi connectivity index (χ1v) is 9.81. The lowest BCUT2D eigenvalue weighted by molar-refractivity contribution is -0.120. The summed E-state index contributed by atoms with van der Waals surface area (Å²) in [5.74, 6) is 0.367. The number of carbonyl (C=O) groups is 1. The van der Waals surface area contributed by atoms with Crippen molar-refractivity contribution in [1.82, 2.24) is 5.32 Å². The minimum Gasteiger partial charge on any atom is -0.355 e. The van der Waals surface area contributed by atoms with Gasteiger partial charge in [-0.25, -0.2) is 8.42 Å². The first-order chi connectivity index (χ1) is 11.5. The molecule has 0 unspecified atom stereocenters. The molecule has 0 radical (unpaired) electrons. The van der Waals surface area contributed by atoms with Crippen molar-refractivity contribution >= 4 is 15.7 Å². The fourth-order valence-corrected chi connectivity index (χ4v) is 4.00. The molecule has 0 saturated carbocycles. The maximum Gasteiger partial charge on any atom is 0.224 e. The number of nitrogens with one attached hydrogen (secondary N) is 1. The van der Waals surface area contributed by atoms with E-state index in [9.17, 15) is 13.2 Å². The molecule has 1 amide bonds. The van der Waals surface area contributed by atoms with Gasteiger partial charge in [-0.2, -0.15) is 0 Å². The van der Waals surface area contributed by atoms with Crippen LogP contribution in [-0.4, -0.2) is 26.6 Å². The van der Waals surface area contributed by atoms with Gasteiger partial charge in [0.1, 0.15) is 0 Å². The van der Waals surface area contributed by atoms with Gasteiger partial charge < -0.3 is 5.32 Å². The number of fused-ring (bicyclic) bond motifs is 1. The van der Waals surface area contributed by atoms with Crippen LogP contribution < -0.4 is 5.32 Å². The average molecular weight is 343 g/mol. The molecule has 5 heteroatoms. The highest BCUT2D eigenvalue weighted by Gasteiger charge is 2.25. The third kappa shape index (κ3) is 3.51. The Bertz CT molecular complexity index is 858. The van der Waals surface area contributed by atoms with Gasteiger partial charge in [0.2, 0.25) is 5.91 Å². The summed E-state index contributed by atoms with van der Waals surface area (Å²) < 4.78 is 23.8. The molecule has 0 aliphatic heterocycles. The Morgan fingerprint density at radius 2 is 1.96 bits per heavy atom. The maximum absolute atomic E-state index is 12.1. The molecule has 0 fully saturated rings. The van der Waals surface area contributed by atoms with Crippen LogP contribution in [0, 0.1) is 0 Å². The van der Waals surface area contributed by atoms with Crippen LogP contribution >= 0.6 is 0 Å². The van der Waals surface area contributed by atoms with E-state index in [1.54, 1.807) is 31.2 Å². The second kappa shape index (κ2) is 6.77. The molecule has 1 aliphatic rings. The number of rotatable bonds is 6. The van der Waals surface area contributed by atoms with E-state index in [2.05, 4.69) is 17.4 Å². The number of amides is 1. The van der Waals surface area contributed by atoms with Gasteiger partial charge in [0.05, 0.1) is 17.1 Å². The van der Waals surface area contributed by atoms with Gasteiger partial charge in [0.15, 0.2) is 9.84 Å². The van der Waals surface area contributed by atoms with Crippen LogP contribution in [0.15, 0.2) is 53.4 Å². The van der Waals surface area contributed by atoms with Crippen LogP contribution in [0.25, 0.3) is 0 Å². The first-order valence-electron chi connectivity index (χ1n) is 8.16. The van der Waals surface area contributed by atoms with E-state index in [1.807, 2.05) is 12.1 Å². The lowest BCUT2D eigenvalue weighted by atomic mass is 9.77. The van der Waals surface area contributed by atoms with Crippen molar-refractivity contribution in [2.24, 2.45) is 0 Å². The summed E-state index contributed by atoms with van der Waals surface area (Å²) in [6.07, 6.45) is 1.20. The zero-order chi connectivity index (χ0) is 17.2. The van der Waals surface area contributed by atoms with Gasteiger partial charge in [-0.3, -0.25) is 4.79 Å². The molecule has 0 heterocycles. The van der Waals surface area contributed by atoms with Crippen molar-refractivity contribution in [3.63, 3.8) is 0 Å². The fraction of sp³-hybridized carbons (Fsp3) is 0.316. The molecule has 0 saturated heterocycles. The summed E-state index contributed by atoms with van der Waals surface area (Å²) in [6.45, 7) is 2.24. The molecule has 1 atom stereocenters. The molecule has 24 heavy (non-hydrogen) atoms. The molecule has 0 aromatic heterocycles. The summed E-state index contributed by atoms with van der Waals surface area (Å²) in [5, 5.41) is 2.96. The number of benzene rings is 2. The molecule has 1 N–H and O–H groups in total.